The molecular weight excluding hydrogens is 255 g/mol. The zero-order chi connectivity index (χ0) is 14.2. The molecule has 19 heavy (non-hydrogen) atoms. The molecule has 1 saturated heterocycles. The van der Waals surface area contributed by atoms with Gasteiger partial charge in [0, 0.05) is 17.6 Å². The van der Waals surface area contributed by atoms with Crippen molar-refractivity contribution in [1.82, 2.24) is 4.90 Å². The van der Waals surface area contributed by atoms with Gasteiger partial charge in [0.15, 0.2) is 17.5 Å². The minimum atomic E-state index is -1.55. The third-order valence-electron chi connectivity index (χ3n) is 3.66. The van der Waals surface area contributed by atoms with Crippen molar-refractivity contribution in [2.75, 3.05) is 0 Å². The van der Waals surface area contributed by atoms with Crippen LogP contribution < -0.4 is 0 Å². The zero-order valence-electron chi connectivity index (χ0n) is 10.9. The summed E-state index contributed by atoms with van der Waals surface area (Å²) >= 11 is 0. The second kappa shape index (κ2) is 5.23. The molecule has 1 aliphatic heterocycles. The Hall–Kier alpha value is -1.52. The van der Waals surface area contributed by atoms with E-state index in [0.29, 0.717) is 0 Å². The third kappa shape index (κ3) is 2.60. The molecule has 0 N–H and O–H groups in total. The van der Waals surface area contributed by atoms with E-state index < -0.39 is 23.4 Å². The van der Waals surface area contributed by atoms with Crippen LogP contribution in [0.2, 0.25) is 0 Å². The number of nitrogens with zero attached hydrogens (tertiary/aromatic N) is 1. The third-order valence-corrected chi connectivity index (χ3v) is 3.66. The van der Waals surface area contributed by atoms with Crippen LogP contribution in [0.5, 0.6) is 0 Å². The van der Waals surface area contributed by atoms with Crippen molar-refractivity contribution in [3.05, 3.63) is 35.1 Å². The first-order valence-electron chi connectivity index (χ1n) is 6.39. The molecule has 0 bridgehead atoms. The van der Waals surface area contributed by atoms with E-state index in [2.05, 4.69) is 0 Å². The molecule has 104 valence electrons. The first kappa shape index (κ1) is 13.9. The predicted molar refractivity (Wildman–Crippen MR) is 65.3 cm³/mol. The van der Waals surface area contributed by atoms with Gasteiger partial charge in [-0.25, -0.2) is 13.2 Å². The van der Waals surface area contributed by atoms with E-state index in [1.165, 1.54) is 0 Å². The fourth-order valence-corrected chi connectivity index (χ4v) is 2.65. The summed E-state index contributed by atoms with van der Waals surface area (Å²) in [5.41, 5.74) is -0.142. The minimum absolute atomic E-state index is 0.0208. The molecule has 1 aromatic carbocycles. The molecule has 0 aromatic heterocycles. The fraction of sp³-hybridized carbons (Fsp3) is 0.500. The van der Waals surface area contributed by atoms with Crippen LogP contribution in [0.4, 0.5) is 13.2 Å². The summed E-state index contributed by atoms with van der Waals surface area (Å²) < 4.78 is 39.2. The molecule has 5 heteroatoms. The van der Waals surface area contributed by atoms with Gasteiger partial charge in [-0.05, 0) is 45.2 Å². The second-order valence-corrected chi connectivity index (χ2v) is 5.10. The molecule has 1 fully saturated rings. The van der Waals surface area contributed by atoms with Crippen molar-refractivity contribution in [3.8, 4) is 0 Å². The van der Waals surface area contributed by atoms with Gasteiger partial charge in [-0.2, -0.15) is 0 Å². The summed E-state index contributed by atoms with van der Waals surface area (Å²) in [5, 5.41) is 0. The van der Waals surface area contributed by atoms with E-state index in [9.17, 15) is 18.0 Å². The van der Waals surface area contributed by atoms with Crippen LogP contribution >= 0.6 is 0 Å². The molecule has 1 aliphatic rings. The Bertz CT molecular complexity index is 470. The number of hydrogen-bond donors (Lipinski definition) is 0. The Labute approximate surface area is 110 Å². The SMILES string of the molecule is C[C@@H]1CCC[C@H](C)N1C(=O)c1cc(F)c(F)c(F)c1. The van der Waals surface area contributed by atoms with Gasteiger partial charge in [-0.1, -0.05) is 0 Å². The van der Waals surface area contributed by atoms with E-state index >= 15 is 0 Å². The highest BCUT2D eigenvalue weighted by Crippen LogP contribution is 2.25. The number of rotatable bonds is 1. The summed E-state index contributed by atoms with van der Waals surface area (Å²) in [7, 11) is 0. The molecule has 2 rings (SSSR count). The predicted octanol–water partition coefficient (Wildman–Crippen LogP) is 3.51. The summed E-state index contributed by atoms with van der Waals surface area (Å²) in [6.07, 6.45) is 2.75. The fourth-order valence-electron chi connectivity index (χ4n) is 2.65. The van der Waals surface area contributed by atoms with Crippen molar-refractivity contribution in [1.29, 1.82) is 0 Å². The molecular formula is C14H16F3NO. The largest absolute Gasteiger partial charge is 0.333 e. The Morgan fingerprint density at radius 2 is 1.58 bits per heavy atom. The van der Waals surface area contributed by atoms with Crippen LogP contribution in [0.3, 0.4) is 0 Å². The number of carbonyl (C=O) groups is 1. The maximum Gasteiger partial charge on any atom is 0.254 e. The number of carbonyl (C=O) groups excluding carboxylic acids is 1. The molecule has 2 atom stereocenters. The maximum atomic E-state index is 13.2. The summed E-state index contributed by atoms with van der Waals surface area (Å²) in [4.78, 5) is 13.9. The van der Waals surface area contributed by atoms with Gasteiger partial charge in [-0.3, -0.25) is 4.79 Å². The molecule has 0 saturated carbocycles. The number of hydrogen-bond acceptors (Lipinski definition) is 1. The van der Waals surface area contributed by atoms with Crippen LogP contribution in [0.1, 0.15) is 43.5 Å². The van der Waals surface area contributed by atoms with Crippen LogP contribution in [-0.4, -0.2) is 22.9 Å². The smallest absolute Gasteiger partial charge is 0.254 e. The summed E-state index contributed by atoms with van der Waals surface area (Å²) in [6.45, 7) is 3.81. The highest BCUT2D eigenvalue weighted by Gasteiger charge is 2.30. The van der Waals surface area contributed by atoms with E-state index in [0.717, 1.165) is 31.4 Å². The highest BCUT2D eigenvalue weighted by molar-refractivity contribution is 5.94. The molecule has 2 nitrogen and oxygen atoms in total. The Balaban J connectivity index is 2.33. The number of benzene rings is 1. The number of amides is 1. The van der Waals surface area contributed by atoms with Gasteiger partial charge in [0.05, 0.1) is 0 Å². The van der Waals surface area contributed by atoms with Crippen molar-refractivity contribution in [2.45, 2.75) is 45.2 Å². The maximum absolute atomic E-state index is 13.2. The summed E-state index contributed by atoms with van der Waals surface area (Å²) in [5.74, 6) is -4.66. The average Bonchev–Trinajstić information content (AvgIpc) is 2.35. The lowest BCUT2D eigenvalue weighted by Crippen LogP contribution is -2.47. The molecule has 0 spiro atoms. The van der Waals surface area contributed by atoms with Crippen LogP contribution in [0, 0.1) is 17.5 Å². The lowest BCUT2D eigenvalue weighted by atomic mass is 9.96. The van der Waals surface area contributed by atoms with Gasteiger partial charge >= 0.3 is 0 Å². The van der Waals surface area contributed by atoms with E-state index in [1.54, 1.807) is 4.90 Å². The zero-order valence-corrected chi connectivity index (χ0v) is 10.9. The summed E-state index contributed by atoms with van der Waals surface area (Å²) in [6, 6.07) is 1.56. The first-order valence-corrected chi connectivity index (χ1v) is 6.39. The lowest BCUT2D eigenvalue weighted by molar-refractivity contribution is 0.0509. The number of likely N-dealkylation sites (tertiary alicyclic amines) is 1. The van der Waals surface area contributed by atoms with Gasteiger partial charge < -0.3 is 4.90 Å². The van der Waals surface area contributed by atoms with Gasteiger partial charge in [0.1, 0.15) is 0 Å². The van der Waals surface area contributed by atoms with Crippen molar-refractivity contribution in [3.63, 3.8) is 0 Å². The van der Waals surface area contributed by atoms with Gasteiger partial charge in [-0.15, -0.1) is 0 Å². The quantitative estimate of drug-likeness (QED) is 0.716. The number of halogens is 3. The monoisotopic (exact) mass is 271 g/mol. The molecule has 0 aliphatic carbocycles. The first-order chi connectivity index (χ1) is 8.91. The molecule has 1 aromatic rings. The Morgan fingerprint density at radius 3 is 2.05 bits per heavy atom. The standard InChI is InChI=1S/C14H16F3NO/c1-8-4-3-5-9(2)18(8)14(19)10-6-11(15)13(17)12(16)7-10/h6-9H,3-5H2,1-2H3/t8-,9+. The highest BCUT2D eigenvalue weighted by atomic mass is 19.2. The van der Waals surface area contributed by atoms with Crippen LogP contribution in [0.15, 0.2) is 12.1 Å². The van der Waals surface area contributed by atoms with E-state index in [1.807, 2.05) is 13.8 Å². The van der Waals surface area contributed by atoms with Gasteiger partial charge in [0.25, 0.3) is 5.91 Å². The van der Waals surface area contributed by atoms with Crippen molar-refractivity contribution < 1.29 is 18.0 Å². The lowest BCUT2D eigenvalue weighted by Gasteiger charge is -2.39. The molecule has 0 unspecified atom stereocenters. The van der Waals surface area contributed by atoms with E-state index in [-0.39, 0.29) is 17.6 Å². The van der Waals surface area contributed by atoms with Gasteiger partial charge in [0.2, 0.25) is 0 Å². The topological polar surface area (TPSA) is 20.3 Å². The minimum Gasteiger partial charge on any atom is -0.333 e. The van der Waals surface area contributed by atoms with E-state index in [4.69, 9.17) is 0 Å². The Morgan fingerprint density at radius 1 is 1.11 bits per heavy atom. The van der Waals surface area contributed by atoms with Crippen molar-refractivity contribution in [2.24, 2.45) is 0 Å². The average molecular weight is 271 g/mol. The second-order valence-electron chi connectivity index (χ2n) is 5.10. The normalized spacial score (nSPS) is 23.5. The molecule has 1 amide bonds. The van der Waals surface area contributed by atoms with Crippen LogP contribution in [-0.2, 0) is 0 Å². The molecule has 1 heterocycles. The Kier molecular flexibility index (Phi) is 3.83. The number of piperidine rings is 1. The van der Waals surface area contributed by atoms with Crippen molar-refractivity contribution >= 4 is 5.91 Å². The molecule has 0 radical (unpaired) electrons. The van der Waals surface area contributed by atoms with Crippen LogP contribution in [0.25, 0.3) is 0 Å².